The summed E-state index contributed by atoms with van der Waals surface area (Å²) in [7, 11) is 1.65. The van der Waals surface area contributed by atoms with E-state index in [1.165, 1.54) is 19.3 Å². The SMILES string of the molecule is COc1ccc(C2(C(=O)Nc3ccc(OCCN4CCCC[C@H]4C)cc3)CCOCC2)cc1. The number of methoxy groups -OCH3 is 1. The van der Waals surface area contributed by atoms with E-state index >= 15 is 0 Å². The molecule has 2 fully saturated rings. The van der Waals surface area contributed by atoms with Crippen molar-refractivity contribution in [2.24, 2.45) is 0 Å². The van der Waals surface area contributed by atoms with Gasteiger partial charge in [0.2, 0.25) is 5.91 Å². The number of amides is 1. The molecule has 0 saturated carbocycles. The van der Waals surface area contributed by atoms with Crippen LogP contribution in [-0.2, 0) is 14.9 Å². The number of anilines is 1. The first-order valence-corrected chi connectivity index (χ1v) is 12.1. The normalized spacial score (nSPS) is 20.7. The van der Waals surface area contributed by atoms with Gasteiger partial charge in [0.1, 0.15) is 18.1 Å². The van der Waals surface area contributed by atoms with Crippen LogP contribution >= 0.6 is 0 Å². The van der Waals surface area contributed by atoms with Gasteiger partial charge in [0, 0.05) is 31.5 Å². The topological polar surface area (TPSA) is 60.0 Å². The second-order valence-corrected chi connectivity index (χ2v) is 9.13. The molecular weight excluding hydrogens is 416 g/mol. The number of rotatable bonds is 8. The zero-order chi connectivity index (χ0) is 23.1. The Hall–Kier alpha value is -2.57. The number of ether oxygens (including phenoxy) is 3. The van der Waals surface area contributed by atoms with Gasteiger partial charge in [-0.25, -0.2) is 0 Å². The monoisotopic (exact) mass is 452 g/mol. The van der Waals surface area contributed by atoms with Gasteiger partial charge in [0.05, 0.1) is 12.5 Å². The van der Waals surface area contributed by atoms with Crippen LogP contribution in [0.3, 0.4) is 0 Å². The number of nitrogens with one attached hydrogen (secondary N) is 1. The number of carbonyl (C=O) groups is 1. The number of likely N-dealkylation sites (tertiary alicyclic amines) is 1. The van der Waals surface area contributed by atoms with E-state index in [9.17, 15) is 4.79 Å². The molecule has 0 aliphatic carbocycles. The highest BCUT2D eigenvalue weighted by atomic mass is 16.5. The van der Waals surface area contributed by atoms with Gasteiger partial charge in [-0.05, 0) is 81.1 Å². The minimum absolute atomic E-state index is 0.00345. The van der Waals surface area contributed by atoms with Crippen LogP contribution in [0, 0.1) is 0 Å². The smallest absolute Gasteiger partial charge is 0.235 e. The first-order chi connectivity index (χ1) is 16.1. The van der Waals surface area contributed by atoms with Gasteiger partial charge in [-0.3, -0.25) is 9.69 Å². The standard InChI is InChI=1S/C27H36N2O4/c1-21-5-3-4-16-29(21)17-20-33-25-12-8-23(9-13-25)28-26(30)27(14-18-32-19-15-27)22-6-10-24(31-2)11-7-22/h6-13,21H,3-5,14-20H2,1-2H3,(H,28,30)/t21-/m1/s1. The van der Waals surface area contributed by atoms with Crippen molar-refractivity contribution < 1.29 is 19.0 Å². The molecule has 0 spiro atoms. The molecule has 0 unspecified atom stereocenters. The molecular formula is C27H36N2O4. The molecule has 2 heterocycles. The van der Waals surface area contributed by atoms with Crippen molar-refractivity contribution in [1.29, 1.82) is 0 Å². The number of hydrogen-bond acceptors (Lipinski definition) is 5. The maximum absolute atomic E-state index is 13.5. The summed E-state index contributed by atoms with van der Waals surface area (Å²) in [5.41, 5.74) is 1.16. The van der Waals surface area contributed by atoms with E-state index in [2.05, 4.69) is 17.1 Å². The molecule has 0 aromatic heterocycles. The molecule has 1 atom stereocenters. The number of carbonyl (C=O) groups excluding carboxylic acids is 1. The fraction of sp³-hybridized carbons (Fsp3) is 0.519. The van der Waals surface area contributed by atoms with Gasteiger partial charge in [-0.2, -0.15) is 0 Å². The third kappa shape index (κ3) is 5.68. The minimum atomic E-state index is -0.606. The molecule has 33 heavy (non-hydrogen) atoms. The second kappa shape index (κ2) is 11.0. The third-order valence-electron chi connectivity index (χ3n) is 7.12. The minimum Gasteiger partial charge on any atom is -0.497 e. The Kier molecular flexibility index (Phi) is 7.89. The van der Waals surface area contributed by atoms with Gasteiger partial charge in [-0.1, -0.05) is 18.6 Å². The average molecular weight is 453 g/mol. The fourth-order valence-electron chi connectivity index (χ4n) is 4.93. The summed E-state index contributed by atoms with van der Waals surface area (Å²) < 4.78 is 16.8. The lowest BCUT2D eigenvalue weighted by molar-refractivity contribution is -0.125. The Morgan fingerprint density at radius 3 is 2.42 bits per heavy atom. The molecule has 6 nitrogen and oxygen atoms in total. The number of hydrogen-bond donors (Lipinski definition) is 1. The lowest BCUT2D eigenvalue weighted by Crippen LogP contribution is -2.44. The lowest BCUT2D eigenvalue weighted by Gasteiger charge is -2.36. The molecule has 1 N–H and O–H groups in total. The van der Waals surface area contributed by atoms with E-state index < -0.39 is 5.41 Å². The van der Waals surface area contributed by atoms with Crippen LogP contribution < -0.4 is 14.8 Å². The molecule has 0 bridgehead atoms. The fourth-order valence-corrected chi connectivity index (χ4v) is 4.93. The van der Waals surface area contributed by atoms with Crippen LogP contribution in [0.4, 0.5) is 5.69 Å². The van der Waals surface area contributed by atoms with Crippen molar-refractivity contribution in [3.63, 3.8) is 0 Å². The van der Waals surface area contributed by atoms with Crippen molar-refractivity contribution in [2.45, 2.75) is 50.5 Å². The predicted octanol–water partition coefficient (Wildman–Crippen LogP) is 4.64. The summed E-state index contributed by atoms with van der Waals surface area (Å²) in [6.07, 6.45) is 5.20. The molecule has 2 saturated heterocycles. The number of piperidine rings is 1. The lowest BCUT2D eigenvalue weighted by atomic mass is 9.73. The van der Waals surface area contributed by atoms with Crippen molar-refractivity contribution in [3.05, 3.63) is 54.1 Å². The van der Waals surface area contributed by atoms with E-state index in [-0.39, 0.29) is 5.91 Å². The van der Waals surface area contributed by atoms with Crippen LogP contribution in [0.5, 0.6) is 11.5 Å². The van der Waals surface area contributed by atoms with E-state index in [4.69, 9.17) is 14.2 Å². The highest BCUT2D eigenvalue weighted by Gasteiger charge is 2.41. The van der Waals surface area contributed by atoms with Crippen LogP contribution in [0.15, 0.2) is 48.5 Å². The molecule has 6 heteroatoms. The quantitative estimate of drug-likeness (QED) is 0.633. The molecule has 4 rings (SSSR count). The molecule has 1 amide bonds. The Bertz CT molecular complexity index is 891. The van der Waals surface area contributed by atoms with Crippen molar-refractivity contribution in [3.8, 4) is 11.5 Å². The zero-order valence-electron chi connectivity index (χ0n) is 19.8. The Morgan fingerprint density at radius 1 is 1.06 bits per heavy atom. The molecule has 2 aliphatic heterocycles. The highest BCUT2D eigenvalue weighted by Crippen LogP contribution is 2.37. The summed E-state index contributed by atoms with van der Waals surface area (Å²) in [4.78, 5) is 16.0. The highest BCUT2D eigenvalue weighted by molar-refractivity contribution is 5.99. The molecule has 2 aliphatic rings. The number of nitrogens with zero attached hydrogens (tertiary/aromatic N) is 1. The van der Waals surface area contributed by atoms with Gasteiger partial charge in [0.15, 0.2) is 0 Å². The maximum Gasteiger partial charge on any atom is 0.235 e. The van der Waals surface area contributed by atoms with Gasteiger partial charge in [0.25, 0.3) is 0 Å². The maximum atomic E-state index is 13.5. The third-order valence-corrected chi connectivity index (χ3v) is 7.12. The summed E-state index contributed by atoms with van der Waals surface area (Å²) in [6, 6.07) is 16.1. The largest absolute Gasteiger partial charge is 0.497 e. The molecule has 2 aromatic rings. The molecule has 0 radical (unpaired) electrons. The van der Waals surface area contributed by atoms with Crippen LogP contribution in [-0.4, -0.2) is 56.9 Å². The first-order valence-electron chi connectivity index (χ1n) is 12.1. The van der Waals surface area contributed by atoms with Crippen molar-refractivity contribution in [2.75, 3.05) is 45.3 Å². The first kappa shape index (κ1) is 23.6. The average Bonchev–Trinajstić information content (AvgIpc) is 2.86. The molecule has 2 aromatic carbocycles. The van der Waals surface area contributed by atoms with Crippen LogP contribution in [0.1, 0.15) is 44.6 Å². The summed E-state index contributed by atoms with van der Waals surface area (Å²) >= 11 is 0. The summed E-state index contributed by atoms with van der Waals surface area (Å²) in [5, 5.41) is 3.13. The van der Waals surface area contributed by atoms with E-state index in [1.807, 2.05) is 48.5 Å². The van der Waals surface area contributed by atoms with E-state index in [0.29, 0.717) is 38.7 Å². The zero-order valence-corrected chi connectivity index (χ0v) is 19.8. The second-order valence-electron chi connectivity index (χ2n) is 9.13. The predicted molar refractivity (Wildman–Crippen MR) is 130 cm³/mol. The molecule has 178 valence electrons. The van der Waals surface area contributed by atoms with Crippen LogP contribution in [0.25, 0.3) is 0 Å². The Labute approximate surface area is 197 Å². The van der Waals surface area contributed by atoms with Crippen LogP contribution in [0.2, 0.25) is 0 Å². The number of benzene rings is 2. The summed E-state index contributed by atoms with van der Waals surface area (Å²) in [6.45, 7) is 6.23. The Morgan fingerprint density at radius 2 is 1.76 bits per heavy atom. The van der Waals surface area contributed by atoms with Crippen molar-refractivity contribution >= 4 is 11.6 Å². The van der Waals surface area contributed by atoms with E-state index in [0.717, 1.165) is 35.8 Å². The van der Waals surface area contributed by atoms with E-state index in [1.54, 1.807) is 7.11 Å². The summed E-state index contributed by atoms with van der Waals surface area (Å²) in [5.74, 6) is 1.61. The van der Waals surface area contributed by atoms with Crippen molar-refractivity contribution in [1.82, 2.24) is 4.90 Å². The van der Waals surface area contributed by atoms with Gasteiger partial charge in [-0.15, -0.1) is 0 Å². The van der Waals surface area contributed by atoms with Gasteiger partial charge < -0.3 is 19.5 Å². The van der Waals surface area contributed by atoms with Gasteiger partial charge >= 0.3 is 0 Å². The Balaban J connectivity index is 1.37.